The Balaban J connectivity index is 0.00000170. The van der Waals surface area contributed by atoms with E-state index >= 15 is 0 Å². The van der Waals surface area contributed by atoms with E-state index in [0.29, 0.717) is 12.1 Å². The Labute approximate surface area is 498 Å². The van der Waals surface area contributed by atoms with Gasteiger partial charge in [0.2, 0.25) is 11.4 Å². The van der Waals surface area contributed by atoms with Crippen molar-refractivity contribution in [2.45, 2.75) is 69.9 Å². The second-order valence-electron chi connectivity index (χ2n) is 20.0. The standard InChI is InChI=1S/C52H68N8O9S.2C2H4O2.Gd/c1-54-45-14-8-9-15-46(45)70-48(54)33-40-21-23-58(44-13-7-6-12-43(40)44)22-11-31-60(2,3)30-10-4-5-16-47(61)53-41-19-17-39(18-20-41)32-42-34-57(37-51(66)67)27-26-55(35-49(62)63)24-25-56(36-50(64)65)28-29-59(42)38-52(68)69;2*1-2(3)4;/h6-9,12-15,17-21,23,33,42H,4-5,10-11,16,22,24-32,34-38H2,1-3H3,(H3-2,53,61,62,63,64,65,66,67,68,69);2*1H3,(H,3,4);/q;;;+3/p-3. The number of para-hydroxylation sites is 2. The van der Waals surface area contributed by atoms with E-state index in [1.54, 1.807) is 43.5 Å². The van der Waals surface area contributed by atoms with E-state index in [1.807, 2.05) is 12.1 Å². The maximum atomic E-state index is 13.0. The van der Waals surface area contributed by atoms with E-state index in [9.17, 15) is 44.4 Å². The van der Waals surface area contributed by atoms with Gasteiger partial charge in [0.25, 0.3) is 0 Å². The van der Waals surface area contributed by atoms with Crippen LogP contribution in [0.4, 0.5) is 11.4 Å². The molecule has 1 aromatic heterocycles. The smallest absolute Gasteiger partial charge is 0.550 e. The molecule has 21 nitrogen and oxygen atoms in total. The molecule has 2 aliphatic heterocycles. The van der Waals surface area contributed by atoms with Gasteiger partial charge in [0, 0.05) is 120 Å². The Morgan fingerprint density at radius 1 is 0.696 bits per heavy atom. The van der Waals surface area contributed by atoms with Gasteiger partial charge in [-0.25, -0.2) is 0 Å². The van der Waals surface area contributed by atoms with Gasteiger partial charge < -0.3 is 69.3 Å². The SMILES string of the molecule is CC(=O)[O-].CC(=O)[O-].CN1/C(=C/c2cc[n+](CCC[N+](C)(C)CCCCCC(=O)Nc3ccc(CC4CN(CC(=O)[O-])CCN(CC(=O)O)CCN(CC(=O)[O-])CCN4CC(=O)[O-])cc3)c3ccccc23)Sc2ccccc21.[Gd+3]. The van der Waals surface area contributed by atoms with Crippen LogP contribution in [0.3, 0.4) is 0 Å². The number of carbonyl (C=O) groups is 7. The Kier molecular flexibility index (Phi) is 29.5. The summed E-state index contributed by atoms with van der Waals surface area (Å²) in [7, 11) is 6.65. The second-order valence-corrected chi connectivity index (χ2v) is 21.1. The number of unbranched alkanes of at least 4 members (excludes halogenated alkanes) is 2. The molecule has 0 bridgehead atoms. The fraction of sp³-hybridized carbons (Fsp3) is 0.464. The maximum absolute atomic E-state index is 13.0. The van der Waals surface area contributed by atoms with Crippen molar-refractivity contribution < 1.29 is 113 Å². The predicted molar refractivity (Wildman–Crippen MR) is 285 cm³/mol. The molecule has 1 fully saturated rings. The van der Waals surface area contributed by atoms with E-state index in [1.165, 1.54) is 32.1 Å². The largest absolute Gasteiger partial charge is 3.00 e. The summed E-state index contributed by atoms with van der Waals surface area (Å²) in [6.45, 7) is 4.15. The van der Waals surface area contributed by atoms with E-state index in [0.717, 1.165) is 69.2 Å². The molecule has 1 amide bonds. The molecule has 2 aliphatic rings. The summed E-state index contributed by atoms with van der Waals surface area (Å²) in [5, 5.41) is 68.1. The van der Waals surface area contributed by atoms with E-state index in [4.69, 9.17) is 19.8 Å². The normalized spacial score (nSPS) is 16.1. The molecule has 1 saturated heterocycles. The molecule has 79 heavy (non-hydrogen) atoms. The minimum absolute atomic E-state index is 0. The average Bonchev–Trinajstić information content (AvgIpc) is 3.72. The zero-order valence-electron chi connectivity index (χ0n) is 45.6. The number of carbonyl (C=O) groups excluding carboxylic acids is 6. The van der Waals surface area contributed by atoms with Gasteiger partial charge in [-0.1, -0.05) is 48.2 Å². The first-order valence-corrected chi connectivity index (χ1v) is 26.7. The molecule has 1 unspecified atom stereocenters. The molecule has 0 saturated carbocycles. The van der Waals surface area contributed by atoms with Crippen LogP contribution >= 0.6 is 11.8 Å². The molecule has 6 rings (SSSR count). The Morgan fingerprint density at radius 3 is 1.87 bits per heavy atom. The van der Waals surface area contributed by atoms with Gasteiger partial charge in [-0.15, -0.1) is 0 Å². The van der Waals surface area contributed by atoms with Gasteiger partial charge in [0.1, 0.15) is 0 Å². The van der Waals surface area contributed by atoms with Crippen molar-refractivity contribution in [3.05, 3.63) is 101 Å². The van der Waals surface area contributed by atoms with Gasteiger partial charge in [-0.3, -0.25) is 29.2 Å². The fourth-order valence-corrected chi connectivity index (χ4v) is 10.4. The summed E-state index contributed by atoms with van der Waals surface area (Å²) in [5.41, 5.74) is 5.05. The number of nitrogens with zero attached hydrogens (tertiary/aromatic N) is 7. The number of hydrogen-bond donors (Lipinski definition) is 2. The van der Waals surface area contributed by atoms with Crippen molar-refractivity contribution in [3.63, 3.8) is 0 Å². The number of amides is 1. The topological polar surface area (TPSA) is 287 Å². The van der Waals surface area contributed by atoms with E-state index < -0.39 is 61.5 Å². The number of nitrogens with one attached hydrogen (secondary N) is 1. The van der Waals surface area contributed by atoms with Crippen molar-refractivity contribution in [1.29, 1.82) is 0 Å². The number of benzene rings is 3. The summed E-state index contributed by atoms with van der Waals surface area (Å²) in [5.74, 6) is -7.36. The van der Waals surface area contributed by atoms with Crippen LogP contribution < -0.4 is 40.3 Å². The first kappa shape index (κ1) is 67.7. The van der Waals surface area contributed by atoms with Crippen LogP contribution in [0.15, 0.2) is 95.0 Å². The zero-order chi connectivity index (χ0) is 57.4. The number of aryl methyl sites for hydroxylation is 1. The number of aliphatic carboxylic acids is 6. The Morgan fingerprint density at radius 2 is 1.25 bits per heavy atom. The number of carboxylic acid groups (broad SMARTS) is 6. The molecule has 0 aliphatic carbocycles. The first-order chi connectivity index (χ1) is 37.0. The van der Waals surface area contributed by atoms with Crippen molar-refractivity contribution in [2.24, 2.45) is 0 Å². The molecule has 3 heterocycles. The first-order valence-electron chi connectivity index (χ1n) is 25.9. The minimum Gasteiger partial charge on any atom is -0.550 e. The number of aromatic nitrogens is 1. The van der Waals surface area contributed by atoms with Crippen molar-refractivity contribution in [1.82, 2.24) is 19.6 Å². The summed E-state index contributed by atoms with van der Waals surface area (Å²) in [6.07, 6.45) is 8.85. The summed E-state index contributed by atoms with van der Waals surface area (Å²) in [6, 6.07) is 25.9. The summed E-state index contributed by atoms with van der Waals surface area (Å²) in [4.78, 5) is 87.7. The van der Waals surface area contributed by atoms with Crippen molar-refractivity contribution in [2.75, 3.05) is 116 Å². The summed E-state index contributed by atoms with van der Waals surface area (Å²) >= 11 is 1.80. The molecule has 4 aromatic rings. The molecule has 1 atom stereocenters. The fourth-order valence-electron chi connectivity index (χ4n) is 9.34. The third-order valence-electron chi connectivity index (χ3n) is 13.1. The van der Waals surface area contributed by atoms with Crippen LogP contribution in [0.5, 0.6) is 0 Å². The number of carboxylic acids is 6. The van der Waals surface area contributed by atoms with Gasteiger partial charge in [0.15, 0.2) is 12.7 Å². The molecule has 0 spiro atoms. The Bertz CT molecular complexity index is 2680. The molecule has 2 N–H and O–H groups in total. The number of hydrogen-bond acceptors (Lipinski definition) is 18. The third-order valence-corrected chi connectivity index (χ3v) is 14.3. The number of rotatable bonds is 22. The van der Waals surface area contributed by atoms with Crippen LogP contribution in [0.1, 0.15) is 57.1 Å². The molecular formula is C56H73GdN8O13S. The molecule has 429 valence electrons. The van der Waals surface area contributed by atoms with Gasteiger partial charge in [-0.2, -0.15) is 4.57 Å². The number of fused-ring (bicyclic) bond motifs is 2. The molecule has 3 aromatic carbocycles. The quantitative estimate of drug-likeness (QED) is 0.0505. The van der Waals surface area contributed by atoms with Crippen LogP contribution in [-0.2, 0) is 46.5 Å². The second kappa shape index (κ2) is 34.5. The van der Waals surface area contributed by atoms with E-state index in [2.05, 4.69) is 103 Å². The maximum Gasteiger partial charge on any atom is 3.00 e. The number of anilines is 2. The monoisotopic (exact) mass is 1260 g/mol. The van der Waals surface area contributed by atoms with E-state index in [-0.39, 0.29) is 105 Å². The van der Waals surface area contributed by atoms with Gasteiger partial charge in [0.05, 0.1) is 74.2 Å². The minimum atomic E-state index is -1.35. The van der Waals surface area contributed by atoms with Crippen LogP contribution in [0.25, 0.3) is 17.0 Å². The molecule has 23 heteroatoms. The number of pyridine rings is 1. The van der Waals surface area contributed by atoms with Crippen molar-refractivity contribution in [3.8, 4) is 0 Å². The van der Waals surface area contributed by atoms with Crippen LogP contribution in [-0.4, -0.2) is 183 Å². The average molecular weight is 1260 g/mol. The zero-order valence-corrected chi connectivity index (χ0v) is 48.7. The molecular weight excluding hydrogens is 1180 g/mol. The van der Waals surface area contributed by atoms with Gasteiger partial charge in [-0.05, 0) is 87.1 Å². The van der Waals surface area contributed by atoms with Crippen LogP contribution in [0.2, 0.25) is 0 Å². The third kappa shape index (κ3) is 25.6. The number of quaternary nitrogens is 1. The van der Waals surface area contributed by atoms with Gasteiger partial charge >= 0.3 is 45.9 Å². The number of thioether (sulfide) groups is 1. The van der Waals surface area contributed by atoms with Crippen molar-refractivity contribution >= 4 is 81.8 Å². The van der Waals surface area contributed by atoms with Crippen LogP contribution in [0, 0.1) is 39.9 Å². The Hall–Kier alpha value is -5.63. The molecule has 1 radical (unpaired) electrons. The predicted octanol–water partition coefficient (Wildman–Crippen LogP) is -1.69. The summed E-state index contributed by atoms with van der Waals surface area (Å²) < 4.78 is 3.24.